The van der Waals surface area contributed by atoms with E-state index in [0.717, 1.165) is 12.1 Å². The summed E-state index contributed by atoms with van der Waals surface area (Å²) >= 11 is 0. The van der Waals surface area contributed by atoms with E-state index >= 15 is 0 Å². The van der Waals surface area contributed by atoms with E-state index < -0.39 is 0 Å². The fourth-order valence-corrected chi connectivity index (χ4v) is 1.16. The topological polar surface area (TPSA) is 29.1 Å². The van der Waals surface area contributed by atoms with E-state index in [2.05, 4.69) is 18.3 Å². The highest BCUT2D eigenvalue weighted by Gasteiger charge is 2.06. The van der Waals surface area contributed by atoms with Gasteiger partial charge in [-0.05, 0) is 24.1 Å². The molecule has 0 aromatic heterocycles. The van der Waals surface area contributed by atoms with Crippen LogP contribution >= 0.6 is 0 Å². The SMILES string of the molecule is CCc1cccc(NC(=O)C(C)C)c1. The zero-order valence-electron chi connectivity index (χ0n) is 9.00. The molecule has 2 nitrogen and oxygen atoms in total. The van der Waals surface area contributed by atoms with Crippen molar-refractivity contribution in [3.8, 4) is 0 Å². The second-order valence-electron chi connectivity index (χ2n) is 3.70. The van der Waals surface area contributed by atoms with Crippen molar-refractivity contribution in [1.29, 1.82) is 0 Å². The van der Waals surface area contributed by atoms with Gasteiger partial charge in [0.15, 0.2) is 0 Å². The van der Waals surface area contributed by atoms with Crippen molar-refractivity contribution in [3.63, 3.8) is 0 Å². The van der Waals surface area contributed by atoms with Crippen LogP contribution < -0.4 is 5.32 Å². The molecule has 0 aliphatic rings. The molecular formula is C12H17NO. The average Bonchev–Trinajstić information content (AvgIpc) is 2.18. The molecule has 1 rings (SSSR count). The zero-order valence-corrected chi connectivity index (χ0v) is 9.00. The van der Waals surface area contributed by atoms with Crippen LogP contribution in [-0.2, 0) is 11.2 Å². The molecule has 0 aliphatic heterocycles. The zero-order chi connectivity index (χ0) is 10.6. The lowest BCUT2D eigenvalue weighted by Crippen LogP contribution is -2.17. The van der Waals surface area contributed by atoms with Crippen LogP contribution in [0.3, 0.4) is 0 Å². The van der Waals surface area contributed by atoms with Gasteiger partial charge in [0, 0.05) is 11.6 Å². The second kappa shape index (κ2) is 4.80. The average molecular weight is 191 g/mol. The third-order valence-electron chi connectivity index (χ3n) is 2.13. The number of carbonyl (C=O) groups is 1. The third-order valence-corrected chi connectivity index (χ3v) is 2.13. The first-order valence-electron chi connectivity index (χ1n) is 5.03. The number of aryl methyl sites for hydroxylation is 1. The Bertz CT molecular complexity index is 318. The van der Waals surface area contributed by atoms with Gasteiger partial charge >= 0.3 is 0 Å². The van der Waals surface area contributed by atoms with Crippen molar-refractivity contribution >= 4 is 11.6 Å². The minimum Gasteiger partial charge on any atom is -0.326 e. The Hall–Kier alpha value is -1.31. The molecule has 0 saturated carbocycles. The van der Waals surface area contributed by atoms with Crippen molar-refractivity contribution in [2.24, 2.45) is 5.92 Å². The summed E-state index contributed by atoms with van der Waals surface area (Å²) in [5.41, 5.74) is 2.13. The van der Waals surface area contributed by atoms with Gasteiger partial charge in [-0.2, -0.15) is 0 Å². The molecular weight excluding hydrogens is 174 g/mol. The first-order valence-corrected chi connectivity index (χ1v) is 5.03. The summed E-state index contributed by atoms with van der Waals surface area (Å²) in [6.07, 6.45) is 0.991. The standard InChI is InChI=1S/C12H17NO/c1-4-10-6-5-7-11(8-10)13-12(14)9(2)3/h5-9H,4H2,1-3H3,(H,13,14). The Morgan fingerprint density at radius 3 is 2.71 bits per heavy atom. The number of rotatable bonds is 3. The summed E-state index contributed by atoms with van der Waals surface area (Å²) in [5.74, 6) is 0.0959. The van der Waals surface area contributed by atoms with E-state index in [0.29, 0.717) is 0 Å². The molecule has 0 atom stereocenters. The fraction of sp³-hybridized carbons (Fsp3) is 0.417. The van der Waals surface area contributed by atoms with Crippen LogP contribution in [0.4, 0.5) is 5.69 Å². The van der Waals surface area contributed by atoms with Gasteiger partial charge in [-0.1, -0.05) is 32.9 Å². The monoisotopic (exact) mass is 191 g/mol. The van der Waals surface area contributed by atoms with Gasteiger partial charge in [-0.25, -0.2) is 0 Å². The smallest absolute Gasteiger partial charge is 0.226 e. The van der Waals surface area contributed by atoms with Crippen LogP contribution in [0.5, 0.6) is 0 Å². The number of carbonyl (C=O) groups excluding carboxylic acids is 1. The summed E-state index contributed by atoms with van der Waals surface area (Å²) in [4.78, 5) is 11.4. The molecule has 0 radical (unpaired) electrons. The number of nitrogens with one attached hydrogen (secondary N) is 1. The highest BCUT2D eigenvalue weighted by molar-refractivity contribution is 5.92. The van der Waals surface area contributed by atoms with E-state index in [1.807, 2.05) is 32.0 Å². The predicted molar refractivity (Wildman–Crippen MR) is 59.3 cm³/mol. The van der Waals surface area contributed by atoms with Crippen LogP contribution in [0, 0.1) is 5.92 Å². The molecule has 0 spiro atoms. The van der Waals surface area contributed by atoms with Gasteiger partial charge in [0.1, 0.15) is 0 Å². The van der Waals surface area contributed by atoms with Crippen LogP contribution in [0.2, 0.25) is 0 Å². The van der Waals surface area contributed by atoms with E-state index in [4.69, 9.17) is 0 Å². The van der Waals surface area contributed by atoms with Crippen molar-refractivity contribution in [2.45, 2.75) is 27.2 Å². The predicted octanol–water partition coefficient (Wildman–Crippen LogP) is 2.84. The molecule has 0 saturated heterocycles. The number of benzene rings is 1. The lowest BCUT2D eigenvalue weighted by molar-refractivity contribution is -0.118. The summed E-state index contributed by atoms with van der Waals surface area (Å²) in [7, 11) is 0. The van der Waals surface area contributed by atoms with E-state index in [-0.39, 0.29) is 11.8 Å². The molecule has 1 aromatic carbocycles. The van der Waals surface area contributed by atoms with Crippen LogP contribution in [0.15, 0.2) is 24.3 Å². The number of hydrogen-bond donors (Lipinski definition) is 1. The molecule has 1 N–H and O–H groups in total. The maximum absolute atomic E-state index is 11.4. The molecule has 0 unspecified atom stereocenters. The number of amides is 1. The van der Waals surface area contributed by atoms with Gasteiger partial charge < -0.3 is 5.32 Å². The summed E-state index contributed by atoms with van der Waals surface area (Å²) in [6.45, 7) is 5.88. The summed E-state index contributed by atoms with van der Waals surface area (Å²) in [6, 6.07) is 7.96. The van der Waals surface area contributed by atoms with Crippen molar-refractivity contribution in [1.82, 2.24) is 0 Å². The molecule has 2 heteroatoms. The van der Waals surface area contributed by atoms with Crippen LogP contribution in [0.1, 0.15) is 26.3 Å². The van der Waals surface area contributed by atoms with Crippen LogP contribution in [0.25, 0.3) is 0 Å². The van der Waals surface area contributed by atoms with E-state index in [1.165, 1.54) is 5.56 Å². The largest absolute Gasteiger partial charge is 0.326 e. The minimum atomic E-state index is 0.0280. The Balaban J connectivity index is 2.72. The maximum Gasteiger partial charge on any atom is 0.226 e. The van der Waals surface area contributed by atoms with Crippen molar-refractivity contribution < 1.29 is 4.79 Å². The molecule has 0 bridgehead atoms. The second-order valence-corrected chi connectivity index (χ2v) is 3.70. The van der Waals surface area contributed by atoms with Crippen molar-refractivity contribution in [3.05, 3.63) is 29.8 Å². The lowest BCUT2D eigenvalue weighted by Gasteiger charge is -2.08. The lowest BCUT2D eigenvalue weighted by atomic mass is 10.1. The van der Waals surface area contributed by atoms with Gasteiger partial charge in [0.2, 0.25) is 5.91 Å². The van der Waals surface area contributed by atoms with Gasteiger partial charge in [0.05, 0.1) is 0 Å². The molecule has 76 valence electrons. The molecule has 14 heavy (non-hydrogen) atoms. The Morgan fingerprint density at radius 1 is 1.43 bits per heavy atom. The first-order chi connectivity index (χ1) is 6.63. The molecule has 0 heterocycles. The third kappa shape index (κ3) is 2.87. The molecule has 0 aliphatic carbocycles. The van der Waals surface area contributed by atoms with Gasteiger partial charge in [-0.3, -0.25) is 4.79 Å². The fourth-order valence-electron chi connectivity index (χ4n) is 1.16. The quantitative estimate of drug-likeness (QED) is 0.782. The highest BCUT2D eigenvalue weighted by atomic mass is 16.1. The van der Waals surface area contributed by atoms with E-state index in [1.54, 1.807) is 0 Å². The molecule has 0 fully saturated rings. The maximum atomic E-state index is 11.4. The molecule has 1 amide bonds. The van der Waals surface area contributed by atoms with Crippen LogP contribution in [-0.4, -0.2) is 5.91 Å². The normalized spacial score (nSPS) is 10.3. The Kier molecular flexibility index (Phi) is 3.69. The van der Waals surface area contributed by atoms with Gasteiger partial charge in [0.25, 0.3) is 0 Å². The van der Waals surface area contributed by atoms with Gasteiger partial charge in [-0.15, -0.1) is 0 Å². The first kappa shape index (κ1) is 10.8. The highest BCUT2D eigenvalue weighted by Crippen LogP contribution is 2.12. The Morgan fingerprint density at radius 2 is 2.14 bits per heavy atom. The number of anilines is 1. The van der Waals surface area contributed by atoms with E-state index in [9.17, 15) is 4.79 Å². The molecule has 1 aromatic rings. The number of hydrogen-bond acceptors (Lipinski definition) is 1. The summed E-state index contributed by atoms with van der Waals surface area (Å²) in [5, 5.41) is 2.88. The minimum absolute atomic E-state index is 0.0280. The van der Waals surface area contributed by atoms with Crippen molar-refractivity contribution in [2.75, 3.05) is 5.32 Å². The summed E-state index contributed by atoms with van der Waals surface area (Å²) < 4.78 is 0. The Labute approximate surface area is 85.3 Å².